The second-order valence-electron chi connectivity index (χ2n) is 7.71. The normalized spacial score (nSPS) is 25.4. The summed E-state index contributed by atoms with van der Waals surface area (Å²) in [5.41, 5.74) is -0.321. The van der Waals surface area contributed by atoms with E-state index in [1.807, 2.05) is 13.8 Å². The van der Waals surface area contributed by atoms with Gasteiger partial charge in [0.2, 0.25) is 0 Å². The van der Waals surface area contributed by atoms with Gasteiger partial charge < -0.3 is 24.3 Å². The van der Waals surface area contributed by atoms with Crippen LogP contribution in [0.15, 0.2) is 30.3 Å². The van der Waals surface area contributed by atoms with E-state index >= 15 is 0 Å². The van der Waals surface area contributed by atoms with Gasteiger partial charge in [0.25, 0.3) is 5.91 Å². The van der Waals surface area contributed by atoms with Crippen LogP contribution in [0.3, 0.4) is 0 Å². The second kappa shape index (κ2) is 12.6. The number of thioether (sulfide) groups is 1. The predicted molar refractivity (Wildman–Crippen MR) is 121 cm³/mol. The van der Waals surface area contributed by atoms with Crippen molar-refractivity contribution in [1.29, 1.82) is 0 Å². The lowest BCUT2D eigenvalue weighted by Crippen LogP contribution is -2.56. The summed E-state index contributed by atoms with van der Waals surface area (Å²) in [7, 11) is 1.24. The lowest BCUT2D eigenvalue weighted by molar-refractivity contribution is -0.207. The van der Waals surface area contributed by atoms with Crippen molar-refractivity contribution in [3.63, 3.8) is 0 Å². The first-order valence-electron chi connectivity index (χ1n) is 10.7. The molecule has 0 saturated carbocycles. The zero-order valence-corrected chi connectivity index (χ0v) is 20.3. The Kier molecular flexibility index (Phi) is 10.2. The number of carbonyl (C=O) groups excluding carboxylic acids is 4. The average molecular weight is 482 g/mol. The van der Waals surface area contributed by atoms with Crippen molar-refractivity contribution < 1.29 is 38.1 Å². The van der Waals surface area contributed by atoms with Crippen LogP contribution in [-0.4, -0.2) is 66.5 Å². The minimum atomic E-state index is -0.971. The maximum Gasteiger partial charge on any atom is 0.329 e. The first-order chi connectivity index (χ1) is 15.7. The van der Waals surface area contributed by atoms with E-state index in [-0.39, 0.29) is 17.8 Å². The van der Waals surface area contributed by atoms with Crippen LogP contribution in [-0.2, 0) is 33.3 Å². The number of methoxy groups -OCH3 is 1. The molecule has 0 spiro atoms. The summed E-state index contributed by atoms with van der Waals surface area (Å²) in [6, 6.07) is 7.52. The molecule has 1 heterocycles. The summed E-state index contributed by atoms with van der Waals surface area (Å²) < 4.78 is 22.0. The number of ether oxygens (including phenoxy) is 4. The fraction of sp³-hybridized carbons (Fsp3) is 0.565. The lowest BCUT2D eigenvalue weighted by atomic mass is 9.89. The van der Waals surface area contributed by atoms with Crippen molar-refractivity contribution in [1.82, 2.24) is 5.32 Å². The number of benzene rings is 1. The molecule has 182 valence electrons. The highest BCUT2D eigenvalue weighted by Gasteiger charge is 2.47. The maximum atomic E-state index is 12.6. The fourth-order valence-corrected chi connectivity index (χ4v) is 4.88. The van der Waals surface area contributed by atoms with Crippen LogP contribution in [0.4, 0.5) is 0 Å². The SMILES string of the molecule is CC[C@H]1O[C@H](SC[C@H](NC(=O)c2ccccc2)C(=O)OC)[C@H](OC(C)=O)[C@@H](OC(C)=O)[C@@H]1C. The number of hydrogen-bond acceptors (Lipinski definition) is 9. The van der Waals surface area contributed by atoms with Gasteiger partial charge in [-0.25, -0.2) is 4.79 Å². The maximum absolute atomic E-state index is 12.6. The zero-order chi connectivity index (χ0) is 24.5. The Labute approximate surface area is 197 Å². The lowest BCUT2D eigenvalue weighted by Gasteiger charge is -2.44. The fourth-order valence-electron chi connectivity index (χ4n) is 3.65. The number of rotatable bonds is 9. The molecule has 1 saturated heterocycles. The summed E-state index contributed by atoms with van der Waals surface area (Å²) in [5, 5.41) is 2.67. The molecule has 1 N–H and O–H groups in total. The molecule has 1 aliphatic heterocycles. The van der Waals surface area contributed by atoms with Crippen molar-refractivity contribution in [2.45, 2.75) is 63.9 Å². The molecular weight excluding hydrogens is 450 g/mol. The standard InChI is InChI=1S/C23H31NO8S/c1-6-18-13(2)19(30-14(3)25)20(31-15(4)26)23(32-18)33-12-17(22(28)29-5)24-21(27)16-10-8-7-9-11-16/h7-11,13,17-20,23H,6,12H2,1-5H3,(H,24,27)/t13-,17+,18-,19+,20-,23-/m1/s1. The van der Waals surface area contributed by atoms with Crippen molar-refractivity contribution in [3.05, 3.63) is 35.9 Å². The van der Waals surface area contributed by atoms with Gasteiger partial charge in [-0.1, -0.05) is 32.0 Å². The van der Waals surface area contributed by atoms with Crippen molar-refractivity contribution in [2.24, 2.45) is 5.92 Å². The van der Waals surface area contributed by atoms with E-state index in [1.165, 1.54) is 32.7 Å². The number of hydrogen-bond donors (Lipinski definition) is 1. The highest BCUT2D eigenvalue weighted by molar-refractivity contribution is 7.99. The van der Waals surface area contributed by atoms with Crippen LogP contribution in [0.5, 0.6) is 0 Å². The second-order valence-corrected chi connectivity index (χ2v) is 8.84. The quantitative estimate of drug-likeness (QED) is 0.419. The Morgan fingerprint density at radius 3 is 2.21 bits per heavy atom. The minimum Gasteiger partial charge on any atom is -0.467 e. The Balaban J connectivity index is 2.20. The predicted octanol–water partition coefficient (Wildman–Crippen LogP) is 2.33. The molecule has 0 radical (unpaired) electrons. The monoisotopic (exact) mass is 481 g/mol. The van der Waals surface area contributed by atoms with Crippen molar-refractivity contribution >= 4 is 35.6 Å². The molecule has 1 aromatic carbocycles. The van der Waals surface area contributed by atoms with Gasteiger partial charge in [0.05, 0.1) is 13.2 Å². The third-order valence-electron chi connectivity index (χ3n) is 5.27. The third kappa shape index (κ3) is 7.46. The van der Waals surface area contributed by atoms with E-state index < -0.39 is 47.5 Å². The van der Waals surface area contributed by atoms with E-state index in [0.717, 1.165) is 0 Å². The first kappa shape index (κ1) is 26.7. The number of nitrogens with one attached hydrogen (secondary N) is 1. The van der Waals surface area contributed by atoms with Crippen LogP contribution < -0.4 is 5.32 Å². The summed E-state index contributed by atoms with van der Waals surface area (Å²) >= 11 is 1.18. The van der Waals surface area contributed by atoms with Crippen molar-refractivity contribution in [3.8, 4) is 0 Å². The molecule has 0 unspecified atom stereocenters. The molecule has 1 fully saturated rings. The van der Waals surface area contributed by atoms with E-state index in [2.05, 4.69) is 5.32 Å². The third-order valence-corrected chi connectivity index (χ3v) is 6.50. The molecule has 1 amide bonds. The number of amides is 1. The summed E-state index contributed by atoms with van der Waals surface area (Å²) in [6.07, 6.45) is -1.20. The summed E-state index contributed by atoms with van der Waals surface area (Å²) in [6.45, 7) is 6.37. The van der Waals surface area contributed by atoms with Crippen LogP contribution in [0.25, 0.3) is 0 Å². The minimum absolute atomic E-state index is 0.0886. The Morgan fingerprint density at radius 1 is 1.06 bits per heavy atom. The van der Waals surface area contributed by atoms with Crippen molar-refractivity contribution in [2.75, 3.05) is 12.9 Å². The average Bonchev–Trinajstić information content (AvgIpc) is 2.79. The Bertz CT molecular complexity index is 833. The van der Waals surface area contributed by atoms with E-state index in [0.29, 0.717) is 12.0 Å². The molecule has 2 rings (SSSR count). The van der Waals surface area contributed by atoms with Gasteiger partial charge in [0.1, 0.15) is 17.6 Å². The van der Waals surface area contributed by atoms with Crippen LogP contribution >= 0.6 is 11.8 Å². The molecule has 0 aromatic heterocycles. The summed E-state index contributed by atoms with van der Waals surface area (Å²) in [4.78, 5) is 48.4. The largest absolute Gasteiger partial charge is 0.467 e. The van der Waals surface area contributed by atoms with Gasteiger partial charge in [-0.3, -0.25) is 14.4 Å². The Hall–Kier alpha value is -2.59. The molecule has 10 heteroatoms. The van der Waals surface area contributed by atoms with Gasteiger partial charge >= 0.3 is 17.9 Å². The van der Waals surface area contributed by atoms with Crippen LogP contribution in [0, 0.1) is 5.92 Å². The molecular formula is C23H31NO8S. The molecule has 1 aliphatic rings. The molecule has 1 aromatic rings. The van der Waals surface area contributed by atoms with E-state index in [9.17, 15) is 19.2 Å². The number of esters is 3. The molecule has 33 heavy (non-hydrogen) atoms. The highest BCUT2D eigenvalue weighted by Crippen LogP contribution is 2.36. The van der Waals surface area contributed by atoms with E-state index in [1.54, 1.807) is 30.3 Å². The van der Waals surface area contributed by atoms with Gasteiger partial charge in [0.15, 0.2) is 6.10 Å². The summed E-state index contributed by atoms with van der Waals surface area (Å²) in [5.74, 6) is -2.21. The van der Waals surface area contributed by atoms with Crippen LogP contribution in [0.1, 0.15) is 44.5 Å². The molecule has 6 atom stereocenters. The topological polar surface area (TPSA) is 117 Å². The van der Waals surface area contributed by atoms with Gasteiger partial charge in [0, 0.05) is 31.1 Å². The molecule has 0 aliphatic carbocycles. The van der Waals surface area contributed by atoms with E-state index in [4.69, 9.17) is 18.9 Å². The number of carbonyl (C=O) groups is 4. The smallest absolute Gasteiger partial charge is 0.329 e. The molecule has 9 nitrogen and oxygen atoms in total. The van der Waals surface area contributed by atoms with Gasteiger partial charge in [-0.15, -0.1) is 11.8 Å². The highest BCUT2D eigenvalue weighted by atomic mass is 32.2. The molecule has 0 bridgehead atoms. The van der Waals surface area contributed by atoms with Gasteiger partial charge in [-0.2, -0.15) is 0 Å². The van der Waals surface area contributed by atoms with Gasteiger partial charge in [-0.05, 0) is 18.6 Å². The zero-order valence-electron chi connectivity index (χ0n) is 19.4. The van der Waals surface area contributed by atoms with Crippen LogP contribution in [0.2, 0.25) is 0 Å². The first-order valence-corrected chi connectivity index (χ1v) is 11.8. The Morgan fingerprint density at radius 2 is 1.67 bits per heavy atom.